The normalized spacial score (nSPS) is 20.2. The van der Waals surface area contributed by atoms with Crippen molar-refractivity contribution in [2.24, 2.45) is 5.41 Å². The van der Waals surface area contributed by atoms with E-state index in [-0.39, 0.29) is 0 Å². The summed E-state index contributed by atoms with van der Waals surface area (Å²) in [5.74, 6) is 0. The lowest BCUT2D eigenvalue weighted by molar-refractivity contribution is -0.00448. The minimum atomic E-state index is 0.480. The first-order chi connectivity index (χ1) is 8.59. The number of hydrogen-bond donors (Lipinski definition) is 1. The van der Waals surface area contributed by atoms with Crippen LogP contribution in [0.1, 0.15) is 49.3 Å². The second-order valence-corrected chi connectivity index (χ2v) is 7.33. The first kappa shape index (κ1) is 14.0. The van der Waals surface area contributed by atoms with Crippen molar-refractivity contribution in [3.05, 3.63) is 21.9 Å². The molecule has 0 aromatic carbocycles. The van der Waals surface area contributed by atoms with Crippen LogP contribution in [-0.4, -0.2) is 13.2 Å². The van der Waals surface area contributed by atoms with Crippen molar-refractivity contribution in [2.45, 2.75) is 58.8 Å². The SMILES string of the molecule is CNCc1ccc(COC2CCC(C)(C)CC2)s1. The number of rotatable bonds is 5. The number of thiophene rings is 1. The summed E-state index contributed by atoms with van der Waals surface area (Å²) in [7, 11) is 1.99. The van der Waals surface area contributed by atoms with E-state index < -0.39 is 0 Å². The highest BCUT2D eigenvalue weighted by molar-refractivity contribution is 7.11. The molecule has 0 saturated heterocycles. The van der Waals surface area contributed by atoms with E-state index in [9.17, 15) is 0 Å². The maximum atomic E-state index is 6.04. The quantitative estimate of drug-likeness (QED) is 0.872. The maximum Gasteiger partial charge on any atom is 0.0813 e. The third kappa shape index (κ3) is 4.08. The van der Waals surface area contributed by atoms with E-state index in [2.05, 4.69) is 31.3 Å². The number of hydrogen-bond acceptors (Lipinski definition) is 3. The van der Waals surface area contributed by atoms with E-state index in [1.54, 1.807) is 0 Å². The van der Waals surface area contributed by atoms with Crippen LogP contribution in [0, 0.1) is 5.41 Å². The largest absolute Gasteiger partial charge is 0.373 e. The molecule has 0 bridgehead atoms. The summed E-state index contributed by atoms with van der Waals surface area (Å²) in [4.78, 5) is 2.74. The zero-order valence-electron chi connectivity index (χ0n) is 11.8. The van der Waals surface area contributed by atoms with Gasteiger partial charge in [-0.05, 0) is 50.3 Å². The lowest BCUT2D eigenvalue weighted by Crippen LogP contribution is -2.26. The molecule has 0 atom stereocenters. The molecule has 1 aliphatic rings. The van der Waals surface area contributed by atoms with E-state index in [0.717, 1.165) is 13.2 Å². The van der Waals surface area contributed by atoms with Gasteiger partial charge < -0.3 is 10.1 Å². The highest BCUT2D eigenvalue weighted by Gasteiger charge is 2.27. The second kappa shape index (κ2) is 6.18. The van der Waals surface area contributed by atoms with E-state index in [1.807, 2.05) is 18.4 Å². The molecule has 1 heterocycles. The molecule has 18 heavy (non-hydrogen) atoms. The molecule has 3 heteroatoms. The van der Waals surface area contributed by atoms with Crippen LogP contribution in [0.25, 0.3) is 0 Å². The van der Waals surface area contributed by atoms with Crippen LogP contribution in [0.15, 0.2) is 12.1 Å². The molecule has 1 aliphatic carbocycles. The Labute approximate surface area is 115 Å². The van der Waals surface area contributed by atoms with Crippen molar-refractivity contribution >= 4 is 11.3 Å². The van der Waals surface area contributed by atoms with E-state index in [1.165, 1.54) is 35.4 Å². The first-order valence-electron chi connectivity index (χ1n) is 6.93. The molecule has 1 saturated carbocycles. The predicted octanol–water partition coefficient (Wildman–Crippen LogP) is 3.95. The molecule has 1 fully saturated rings. The van der Waals surface area contributed by atoms with Gasteiger partial charge in [-0.3, -0.25) is 0 Å². The summed E-state index contributed by atoms with van der Waals surface area (Å²) >= 11 is 1.86. The molecule has 0 unspecified atom stereocenters. The van der Waals surface area contributed by atoms with Gasteiger partial charge >= 0.3 is 0 Å². The third-order valence-electron chi connectivity index (χ3n) is 3.82. The van der Waals surface area contributed by atoms with Gasteiger partial charge in [0.05, 0.1) is 12.7 Å². The van der Waals surface area contributed by atoms with Crippen LogP contribution in [0.4, 0.5) is 0 Å². The Bertz CT molecular complexity index is 362. The molecule has 102 valence electrons. The van der Waals surface area contributed by atoms with Gasteiger partial charge in [0.1, 0.15) is 0 Å². The van der Waals surface area contributed by atoms with Crippen LogP contribution in [0.3, 0.4) is 0 Å². The number of nitrogens with one attached hydrogen (secondary N) is 1. The molecular weight excluding hydrogens is 242 g/mol. The Kier molecular flexibility index (Phi) is 4.82. The lowest BCUT2D eigenvalue weighted by atomic mass is 9.76. The standard InChI is InChI=1S/C15H25NOS/c1-15(2)8-6-12(7-9-15)17-11-14-5-4-13(18-14)10-16-3/h4-5,12,16H,6-11H2,1-3H3. The average Bonchev–Trinajstić information content (AvgIpc) is 2.76. The molecule has 1 aromatic rings. The summed E-state index contributed by atoms with van der Waals surface area (Å²) in [6, 6.07) is 4.40. The van der Waals surface area contributed by atoms with Gasteiger partial charge in [-0.2, -0.15) is 0 Å². The van der Waals surface area contributed by atoms with Gasteiger partial charge in [-0.1, -0.05) is 13.8 Å². The van der Waals surface area contributed by atoms with E-state index >= 15 is 0 Å². The van der Waals surface area contributed by atoms with Crippen molar-refractivity contribution in [2.75, 3.05) is 7.05 Å². The van der Waals surface area contributed by atoms with Gasteiger partial charge in [0.2, 0.25) is 0 Å². The first-order valence-corrected chi connectivity index (χ1v) is 7.74. The van der Waals surface area contributed by atoms with Gasteiger partial charge in [-0.15, -0.1) is 11.3 Å². The van der Waals surface area contributed by atoms with Crippen LogP contribution < -0.4 is 5.32 Å². The van der Waals surface area contributed by atoms with E-state index in [0.29, 0.717) is 11.5 Å². The zero-order valence-corrected chi connectivity index (χ0v) is 12.6. The van der Waals surface area contributed by atoms with Crippen LogP contribution in [-0.2, 0) is 17.9 Å². The summed E-state index contributed by atoms with van der Waals surface area (Å²) < 4.78 is 6.04. The topological polar surface area (TPSA) is 21.3 Å². The minimum Gasteiger partial charge on any atom is -0.373 e. The summed E-state index contributed by atoms with van der Waals surface area (Å²) in [5, 5.41) is 3.18. The molecule has 2 nitrogen and oxygen atoms in total. The fraction of sp³-hybridized carbons (Fsp3) is 0.733. The van der Waals surface area contributed by atoms with E-state index in [4.69, 9.17) is 4.74 Å². The Balaban J connectivity index is 1.74. The van der Waals surface area contributed by atoms with Crippen molar-refractivity contribution < 1.29 is 4.74 Å². The van der Waals surface area contributed by atoms with Gasteiger partial charge in [0.25, 0.3) is 0 Å². The highest BCUT2D eigenvalue weighted by atomic mass is 32.1. The van der Waals surface area contributed by atoms with Crippen LogP contribution >= 0.6 is 11.3 Å². The predicted molar refractivity (Wildman–Crippen MR) is 77.9 cm³/mol. The molecule has 1 aromatic heterocycles. The van der Waals surface area contributed by atoms with Gasteiger partial charge in [0.15, 0.2) is 0 Å². The molecule has 2 rings (SSSR count). The Morgan fingerprint density at radius 1 is 1.28 bits per heavy atom. The average molecular weight is 267 g/mol. The Hall–Kier alpha value is -0.380. The number of ether oxygens (including phenoxy) is 1. The van der Waals surface area contributed by atoms with Crippen molar-refractivity contribution in [1.29, 1.82) is 0 Å². The molecular formula is C15H25NOS. The van der Waals surface area contributed by atoms with Gasteiger partial charge in [-0.25, -0.2) is 0 Å². The zero-order chi connectivity index (χ0) is 13.0. The Morgan fingerprint density at radius 3 is 2.61 bits per heavy atom. The summed E-state index contributed by atoms with van der Waals surface area (Å²) in [6.45, 7) is 6.49. The molecule has 1 N–H and O–H groups in total. The second-order valence-electron chi connectivity index (χ2n) is 6.07. The highest BCUT2D eigenvalue weighted by Crippen LogP contribution is 2.36. The monoisotopic (exact) mass is 267 g/mol. The molecule has 0 radical (unpaired) electrons. The summed E-state index contributed by atoms with van der Waals surface area (Å²) in [5.41, 5.74) is 0.531. The third-order valence-corrected chi connectivity index (χ3v) is 4.87. The van der Waals surface area contributed by atoms with Gasteiger partial charge in [0, 0.05) is 16.3 Å². The summed E-state index contributed by atoms with van der Waals surface area (Å²) in [6.07, 6.45) is 5.52. The Morgan fingerprint density at radius 2 is 1.94 bits per heavy atom. The smallest absolute Gasteiger partial charge is 0.0813 e. The molecule has 0 aliphatic heterocycles. The maximum absolute atomic E-state index is 6.04. The fourth-order valence-corrected chi connectivity index (χ4v) is 3.46. The van der Waals surface area contributed by atoms with Crippen molar-refractivity contribution in [3.8, 4) is 0 Å². The lowest BCUT2D eigenvalue weighted by Gasteiger charge is -2.34. The van der Waals surface area contributed by atoms with Crippen molar-refractivity contribution in [1.82, 2.24) is 5.32 Å². The molecule has 0 amide bonds. The van der Waals surface area contributed by atoms with Crippen molar-refractivity contribution in [3.63, 3.8) is 0 Å². The minimum absolute atomic E-state index is 0.480. The van der Waals surface area contributed by atoms with Crippen LogP contribution in [0.5, 0.6) is 0 Å². The van der Waals surface area contributed by atoms with Crippen LogP contribution in [0.2, 0.25) is 0 Å². The fourth-order valence-electron chi connectivity index (χ4n) is 2.51. The molecule has 0 spiro atoms.